The summed E-state index contributed by atoms with van der Waals surface area (Å²) < 4.78 is 37.5. The van der Waals surface area contributed by atoms with Crippen molar-refractivity contribution in [1.29, 1.82) is 0 Å². The van der Waals surface area contributed by atoms with Gasteiger partial charge >= 0.3 is 6.18 Å². The van der Waals surface area contributed by atoms with E-state index in [1.54, 1.807) is 0 Å². The first-order chi connectivity index (χ1) is 9.11. The zero-order chi connectivity index (χ0) is 15.6. The summed E-state index contributed by atoms with van der Waals surface area (Å²) in [7, 11) is 3.94. The van der Waals surface area contributed by atoms with E-state index in [1.165, 1.54) is 12.1 Å². The minimum absolute atomic E-state index is 0.140. The van der Waals surface area contributed by atoms with Gasteiger partial charge in [0.25, 0.3) is 0 Å². The molecule has 0 aliphatic carbocycles. The third kappa shape index (κ3) is 3.73. The molecule has 2 unspecified atom stereocenters. The first-order valence-corrected chi connectivity index (χ1v) is 6.70. The average molecular weight is 288 g/mol. The topological polar surface area (TPSA) is 29.3 Å². The van der Waals surface area contributed by atoms with E-state index in [2.05, 4.69) is 18.7 Å². The number of alkyl halides is 3. The number of benzene rings is 1. The van der Waals surface area contributed by atoms with Crippen molar-refractivity contribution in [2.75, 3.05) is 14.1 Å². The molecule has 0 aromatic heterocycles. The van der Waals surface area contributed by atoms with Gasteiger partial charge in [-0.1, -0.05) is 19.1 Å². The van der Waals surface area contributed by atoms with Crippen LogP contribution in [-0.2, 0) is 12.6 Å². The maximum absolute atomic E-state index is 12.5. The summed E-state index contributed by atoms with van der Waals surface area (Å²) >= 11 is 0. The van der Waals surface area contributed by atoms with Crippen molar-refractivity contribution < 1.29 is 13.2 Å². The van der Waals surface area contributed by atoms with Gasteiger partial charge in [0, 0.05) is 11.6 Å². The predicted molar refractivity (Wildman–Crippen MR) is 75.5 cm³/mol. The molecule has 0 aliphatic heterocycles. The number of nitrogens with two attached hydrogens (primary N) is 1. The third-order valence-electron chi connectivity index (χ3n) is 4.27. The molecular formula is C15H23F3N2. The van der Waals surface area contributed by atoms with Crippen LogP contribution in [0.4, 0.5) is 13.2 Å². The van der Waals surface area contributed by atoms with Crippen molar-refractivity contribution in [3.8, 4) is 0 Å². The average Bonchev–Trinajstić information content (AvgIpc) is 2.36. The second-order valence-electron chi connectivity index (χ2n) is 5.61. The van der Waals surface area contributed by atoms with Crippen molar-refractivity contribution in [2.45, 2.75) is 44.4 Å². The zero-order valence-corrected chi connectivity index (χ0v) is 12.5. The molecule has 2 N–H and O–H groups in total. The van der Waals surface area contributed by atoms with Gasteiger partial charge in [-0.3, -0.25) is 0 Å². The first-order valence-electron chi connectivity index (χ1n) is 6.70. The Hall–Kier alpha value is -1.07. The molecule has 0 bridgehead atoms. The van der Waals surface area contributed by atoms with Crippen molar-refractivity contribution >= 4 is 0 Å². The summed E-state index contributed by atoms with van der Waals surface area (Å²) in [5, 5.41) is 0. The molecule has 0 spiro atoms. The van der Waals surface area contributed by atoms with Gasteiger partial charge in [-0.2, -0.15) is 13.2 Å². The van der Waals surface area contributed by atoms with Crippen LogP contribution in [-0.4, -0.2) is 30.6 Å². The number of hydrogen-bond donors (Lipinski definition) is 1. The second-order valence-corrected chi connectivity index (χ2v) is 5.61. The van der Waals surface area contributed by atoms with Gasteiger partial charge in [0.2, 0.25) is 0 Å². The van der Waals surface area contributed by atoms with Gasteiger partial charge in [0.05, 0.1) is 5.56 Å². The van der Waals surface area contributed by atoms with Crippen LogP contribution in [0.5, 0.6) is 0 Å². The Bertz CT molecular complexity index is 426. The summed E-state index contributed by atoms with van der Waals surface area (Å²) in [6.07, 6.45) is -2.86. The molecule has 0 saturated carbocycles. The van der Waals surface area contributed by atoms with E-state index in [0.717, 1.165) is 24.1 Å². The van der Waals surface area contributed by atoms with Gasteiger partial charge < -0.3 is 10.6 Å². The van der Waals surface area contributed by atoms with Crippen LogP contribution >= 0.6 is 0 Å². The maximum Gasteiger partial charge on any atom is 0.416 e. The highest BCUT2D eigenvalue weighted by molar-refractivity contribution is 5.25. The Morgan fingerprint density at radius 1 is 1.15 bits per heavy atom. The van der Waals surface area contributed by atoms with Gasteiger partial charge in [-0.15, -0.1) is 0 Å². The molecule has 1 aromatic carbocycles. The standard InChI is InChI=1S/C15H23F3N2/c1-5-14(2,20(3)4)13(19)10-11-6-8-12(9-7-11)15(16,17)18/h6-9,13H,5,10,19H2,1-4H3. The zero-order valence-electron chi connectivity index (χ0n) is 12.5. The Kier molecular flexibility index (Phi) is 5.21. The lowest BCUT2D eigenvalue weighted by Crippen LogP contribution is -2.55. The Morgan fingerprint density at radius 2 is 1.65 bits per heavy atom. The molecule has 20 heavy (non-hydrogen) atoms. The largest absolute Gasteiger partial charge is 0.416 e. The van der Waals surface area contributed by atoms with Crippen LogP contribution < -0.4 is 5.73 Å². The molecular weight excluding hydrogens is 265 g/mol. The van der Waals surface area contributed by atoms with Gasteiger partial charge in [0.15, 0.2) is 0 Å². The lowest BCUT2D eigenvalue weighted by molar-refractivity contribution is -0.137. The fourth-order valence-electron chi connectivity index (χ4n) is 2.21. The number of nitrogens with zero attached hydrogens (tertiary/aromatic N) is 1. The highest BCUT2D eigenvalue weighted by atomic mass is 19.4. The highest BCUT2D eigenvalue weighted by Gasteiger charge is 2.33. The summed E-state index contributed by atoms with van der Waals surface area (Å²) in [4.78, 5) is 2.07. The van der Waals surface area contributed by atoms with Crippen LogP contribution in [0.2, 0.25) is 0 Å². The molecule has 2 atom stereocenters. The van der Waals surface area contributed by atoms with E-state index in [1.807, 2.05) is 14.1 Å². The normalized spacial score (nSPS) is 17.1. The van der Waals surface area contributed by atoms with E-state index >= 15 is 0 Å². The highest BCUT2D eigenvalue weighted by Crippen LogP contribution is 2.29. The van der Waals surface area contributed by atoms with E-state index in [4.69, 9.17) is 5.73 Å². The van der Waals surface area contributed by atoms with Crippen molar-refractivity contribution in [2.24, 2.45) is 5.73 Å². The maximum atomic E-state index is 12.5. The van der Waals surface area contributed by atoms with Crippen LogP contribution in [0.1, 0.15) is 31.4 Å². The molecule has 0 aliphatic rings. The first kappa shape index (κ1) is 17.0. The Labute approximate surface area is 118 Å². The minimum Gasteiger partial charge on any atom is -0.326 e. The number of rotatable bonds is 5. The van der Waals surface area contributed by atoms with E-state index in [9.17, 15) is 13.2 Å². The monoisotopic (exact) mass is 288 g/mol. The fourth-order valence-corrected chi connectivity index (χ4v) is 2.21. The van der Waals surface area contributed by atoms with Crippen LogP contribution in [0.3, 0.4) is 0 Å². The fraction of sp³-hybridized carbons (Fsp3) is 0.600. The molecule has 0 heterocycles. The number of likely N-dealkylation sites (N-methyl/N-ethyl adjacent to an activating group) is 1. The molecule has 5 heteroatoms. The minimum atomic E-state index is -4.29. The molecule has 0 radical (unpaired) electrons. The molecule has 0 fully saturated rings. The van der Waals surface area contributed by atoms with Crippen LogP contribution in [0, 0.1) is 0 Å². The Balaban J connectivity index is 2.84. The smallest absolute Gasteiger partial charge is 0.326 e. The Morgan fingerprint density at radius 3 is 2.00 bits per heavy atom. The lowest BCUT2D eigenvalue weighted by Gasteiger charge is -2.41. The summed E-state index contributed by atoms with van der Waals surface area (Å²) in [6, 6.07) is 5.10. The van der Waals surface area contributed by atoms with E-state index in [-0.39, 0.29) is 11.6 Å². The van der Waals surface area contributed by atoms with Crippen molar-refractivity contribution in [1.82, 2.24) is 4.90 Å². The van der Waals surface area contributed by atoms with Gasteiger partial charge in [-0.05, 0) is 51.6 Å². The second kappa shape index (κ2) is 6.14. The summed E-state index contributed by atoms with van der Waals surface area (Å²) in [6.45, 7) is 4.13. The number of halogens is 3. The summed E-state index contributed by atoms with van der Waals surface area (Å²) in [5.41, 5.74) is 6.28. The van der Waals surface area contributed by atoms with Crippen LogP contribution in [0.25, 0.3) is 0 Å². The molecule has 114 valence electrons. The van der Waals surface area contributed by atoms with Gasteiger partial charge in [-0.25, -0.2) is 0 Å². The van der Waals surface area contributed by atoms with Gasteiger partial charge in [0.1, 0.15) is 0 Å². The van der Waals surface area contributed by atoms with E-state index < -0.39 is 11.7 Å². The van der Waals surface area contributed by atoms with Crippen molar-refractivity contribution in [3.05, 3.63) is 35.4 Å². The molecule has 0 amide bonds. The molecule has 1 rings (SSSR count). The SMILES string of the molecule is CCC(C)(C(N)Cc1ccc(C(F)(F)F)cc1)N(C)C. The van der Waals surface area contributed by atoms with E-state index in [0.29, 0.717) is 6.42 Å². The molecule has 0 saturated heterocycles. The van der Waals surface area contributed by atoms with Crippen LogP contribution in [0.15, 0.2) is 24.3 Å². The third-order valence-corrected chi connectivity index (χ3v) is 4.27. The summed E-state index contributed by atoms with van der Waals surface area (Å²) in [5.74, 6) is 0. The molecule has 1 aromatic rings. The number of hydrogen-bond acceptors (Lipinski definition) is 2. The lowest BCUT2D eigenvalue weighted by atomic mass is 9.84. The molecule has 2 nitrogen and oxygen atoms in total. The van der Waals surface area contributed by atoms with Crippen molar-refractivity contribution in [3.63, 3.8) is 0 Å². The predicted octanol–water partition coefficient (Wildman–Crippen LogP) is 3.31. The quantitative estimate of drug-likeness (QED) is 0.900.